The second-order valence-corrected chi connectivity index (χ2v) is 10.4. The van der Waals surface area contributed by atoms with Crippen molar-refractivity contribution in [1.29, 1.82) is 0 Å². The van der Waals surface area contributed by atoms with Gasteiger partial charge in [-0.05, 0) is 80.4 Å². The molecule has 1 saturated heterocycles. The molecule has 2 aromatic heterocycles. The molecule has 2 N–H and O–H groups in total. The number of carbonyl (C=O) groups excluding carboxylic acids is 1. The Morgan fingerprint density at radius 2 is 1.66 bits per heavy atom. The van der Waals surface area contributed by atoms with E-state index in [2.05, 4.69) is 10.3 Å². The van der Waals surface area contributed by atoms with Gasteiger partial charge in [0.2, 0.25) is 0 Å². The third-order valence-corrected chi connectivity index (χ3v) is 8.05. The van der Waals surface area contributed by atoms with E-state index in [0.29, 0.717) is 31.2 Å². The number of benzene rings is 1. The number of phenolic OH excluding ortho intramolecular Hbond substituents is 1. The minimum Gasteiger partial charge on any atom is -0.508 e. The van der Waals surface area contributed by atoms with E-state index in [1.807, 2.05) is 11.8 Å². The average Bonchev–Trinajstić information content (AvgIpc) is 2.86. The summed E-state index contributed by atoms with van der Waals surface area (Å²) < 4.78 is 16.9. The lowest BCUT2D eigenvalue weighted by atomic mass is 9.90. The Balaban J connectivity index is 1.41. The number of nitrogens with one attached hydrogen (secondary N) is 1. The highest BCUT2D eigenvalue weighted by atomic mass is 32.2. The molecular formula is C25H27FN4O4S. The van der Waals surface area contributed by atoms with Crippen molar-refractivity contribution in [2.24, 2.45) is 0 Å². The lowest BCUT2D eigenvalue weighted by Gasteiger charge is -2.31. The maximum absolute atomic E-state index is 14.0. The maximum atomic E-state index is 14.0. The molecule has 0 bridgehead atoms. The largest absolute Gasteiger partial charge is 0.508 e. The summed E-state index contributed by atoms with van der Waals surface area (Å²) in [6.45, 7) is 0. The van der Waals surface area contributed by atoms with Crippen molar-refractivity contribution in [3.63, 3.8) is 0 Å². The summed E-state index contributed by atoms with van der Waals surface area (Å²) in [6, 6.07) is 6.75. The van der Waals surface area contributed by atoms with Gasteiger partial charge in [-0.25, -0.2) is 14.2 Å². The van der Waals surface area contributed by atoms with Gasteiger partial charge in [0, 0.05) is 23.7 Å². The van der Waals surface area contributed by atoms with Crippen LogP contribution in [0.15, 0.2) is 46.1 Å². The summed E-state index contributed by atoms with van der Waals surface area (Å²) >= 11 is 1.84. The molecule has 2 aliphatic rings. The monoisotopic (exact) mass is 498 g/mol. The number of nitrogens with zero attached hydrogens (tertiary/aromatic N) is 3. The van der Waals surface area contributed by atoms with Gasteiger partial charge in [-0.2, -0.15) is 11.8 Å². The van der Waals surface area contributed by atoms with Crippen LogP contribution in [0.1, 0.15) is 61.0 Å². The average molecular weight is 499 g/mol. The molecule has 0 radical (unpaired) electrons. The molecule has 2 fully saturated rings. The molecule has 1 aliphatic heterocycles. The first-order valence-corrected chi connectivity index (χ1v) is 13.1. The highest BCUT2D eigenvalue weighted by Gasteiger charge is 2.29. The van der Waals surface area contributed by atoms with Gasteiger partial charge in [-0.1, -0.05) is 0 Å². The molecule has 35 heavy (non-hydrogen) atoms. The van der Waals surface area contributed by atoms with E-state index < -0.39 is 11.4 Å². The number of thioether (sulfide) groups is 1. The Morgan fingerprint density at radius 3 is 2.34 bits per heavy atom. The second kappa shape index (κ2) is 9.85. The Labute approximate surface area is 205 Å². The van der Waals surface area contributed by atoms with Crippen LogP contribution in [-0.4, -0.2) is 42.7 Å². The van der Waals surface area contributed by atoms with Crippen LogP contribution in [0.5, 0.6) is 5.75 Å². The van der Waals surface area contributed by atoms with Gasteiger partial charge in [0.1, 0.15) is 17.2 Å². The third-order valence-electron chi connectivity index (χ3n) is 7.01. The molecular weight excluding hydrogens is 471 g/mol. The number of hydrogen-bond acceptors (Lipinski definition) is 6. The van der Waals surface area contributed by atoms with E-state index in [-0.39, 0.29) is 46.5 Å². The van der Waals surface area contributed by atoms with Gasteiger partial charge in [0.15, 0.2) is 0 Å². The third kappa shape index (κ3) is 4.71. The van der Waals surface area contributed by atoms with Gasteiger partial charge in [0.25, 0.3) is 11.5 Å². The molecule has 1 saturated carbocycles. The van der Waals surface area contributed by atoms with Crippen molar-refractivity contribution >= 4 is 28.7 Å². The van der Waals surface area contributed by atoms with Gasteiger partial charge < -0.3 is 10.4 Å². The first-order chi connectivity index (χ1) is 16.9. The molecule has 0 atom stereocenters. The molecule has 184 valence electrons. The zero-order valence-corrected chi connectivity index (χ0v) is 20.0. The summed E-state index contributed by atoms with van der Waals surface area (Å²) in [6.07, 6.45) is 4.97. The minimum atomic E-state index is -0.605. The predicted octanol–water partition coefficient (Wildman–Crippen LogP) is 3.38. The Kier molecular flexibility index (Phi) is 6.64. The first kappa shape index (κ1) is 23.6. The van der Waals surface area contributed by atoms with Crippen LogP contribution in [0.2, 0.25) is 0 Å². The molecule has 0 unspecified atom stereocenters. The van der Waals surface area contributed by atoms with Crippen LogP contribution in [0.3, 0.4) is 0 Å². The Hall–Kier alpha value is -3.14. The maximum Gasteiger partial charge on any atom is 0.333 e. The molecule has 3 heterocycles. The van der Waals surface area contributed by atoms with Crippen LogP contribution < -0.4 is 16.6 Å². The van der Waals surface area contributed by atoms with Gasteiger partial charge in [-0.15, -0.1) is 0 Å². The molecule has 8 nitrogen and oxygen atoms in total. The van der Waals surface area contributed by atoms with E-state index in [1.165, 1.54) is 22.8 Å². The van der Waals surface area contributed by atoms with Crippen molar-refractivity contribution in [3.8, 4) is 5.75 Å². The molecule has 10 heteroatoms. The number of fused-ring (bicyclic) bond motifs is 1. The normalized spacial score (nSPS) is 21.2. The zero-order chi connectivity index (χ0) is 24.5. The number of phenols is 1. The number of rotatable bonds is 4. The Bertz CT molecular complexity index is 1360. The lowest BCUT2D eigenvalue weighted by Crippen LogP contribution is -2.46. The second-order valence-electron chi connectivity index (χ2n) is 9.22. The van der Waals surface area contributed by atoms with Crippen molar-refractivity contribution < 1.29 is 14.3 Å². The summed E-state index contributed by atoms with van der Waals surface area (Å²) in [5.74, 6) is 1.10. The molecule has 0 spiro atoms. The molecule has 1 amide bonds. The number of pyridine rings is 1. The number of aromatic nitrogens is 3. The number of amides is 1. The van der Waals surface area contributed by atoms with Crippen LogP contribution in [-0.2, 0) is 0 Å². The minimum absolute atomic E-state index is 0.0722. The van der Waals surface area contributed by atoms with E-state index in [4.69, 9.17) is 0 Å². The number of aromatic hydroxyl groups is 1. The Morgan fingerprint density at radius 1 is 1.00 bits per heavy atom. The van der Waals surface area contributed by atoms with Crippen LogP contribution in [0.25, 0.3) is 11.0 Å². The fraction of sp³-hybridized carbons (Fsp3) is 0.440. The smallest absolute Gasteiger partial charge is 0.333 e. The van der Waals surface area contributed by atoms with E-state index >= 15 is 0 Å². The molecule has 3 aromatic rings. The van der Waals surface area contributed by atoms with Crippen LogP contribution in [0, 0.1) is 5.82 Å². The van der Waals surface area contributed by atoms with Gasteiger partial charge >= 0.3 is 5.69 Å². The van der Waals surface area contributed by atoms with Gasteiger partial charge in [-0.3, -0.25) is 18.7 Å². The predicted molar refractivity (Wildman–Crippen MR) is 133 cm³/mol. The van der Waals surface area contributed by atoms with Crippen LogP contribution in [0.4, 0.5) is 4.39 Å². The van der Waals surface area contributed by atoms with Crippen molar-refractivity contribution in [2.75, 3.05) is 11.5 Å². The zero-order valence-electron chi connectivity index (χ0n) is 19.2. The SMILES string of the molecule is O=C(N[C@H]1CC[C@@H](n2c(=O)c3cc(F)cnc3n(C3CCSCC3)c2=O)CC1)c1ccc(O)cc1. The first-order valence-electron chi connectivity index (χ1n) is 11.9. The van der Waals surface area contributed by atoms with Crippen molar-refractivity contribution in [2.45, 2.75) is 56.7 Å². The number of carbonyl (C=O) groups is 1. The fourth-order valence-corrected chi connectivity index (χ4v) is 6.24. The van der Waals surface area contributed by atoms with E-state index in [9.17, 15) is 23.9 Å². The highest BCUT2D eigenvalue weighted by molar-refractivity contribution is 7.99. The summed E-state index contributed by atoms with van der Waals surface area (Å²) in [7, 11) is 0. The molecule has 1 aliphatic carbocycles. The van der Waals surface area contributed by atoms with E-state index in [1.54, 1.807) is 16.7 Å². The number of hydrogen-bond donors (Lipinski definition) is 2. The molecule has 1 aromatic carbocycles. The standard InChI is InChI=1S/C25H27FN4O4S/c26-16-13-21-22(27-14-16)29(19-9-11-35-12-10-19)25(34)30(24(21)33)18-5-3-17(4-6-18)28-23(32)15-1-7-20(31)8-2-15/h1-2,7-8,13-14,17-19,31H,3-6,9-12H2,(H,28,32)/t17-,18+. The fourth-order valence-electron chi connectivity index (χ4n) is 5.16. The van der Waals surface area contributed by atoms with Gasteiger partial charge in [0.05, 0.1) is 11.6 Å². The highest BCUT2D eigenvalue weighted by Crippen LogP contribution is 2.30. The summed E-state index contributed by atoms with van der Waals surface area (Å²) in [5.41, 5.74) is -0.173. The van der Waals surface area contributed by atoms with Crippen molar-refractivity contribution in [1.82, 2.24) is 19.4 Å². The number of halogens is 1. The van der Waals surface area contributed by atoms with E-state index in [0.717, 1.165) is 30.5 Å². The van der Waals surface area contributed by atoms with Crippen LogP contribution >= 0.6 is 11.8 Å². The lowest BCUT2D eigenvalue weighted by molar-refractivity contribution is 0.0922. The molecule has 5 rings (SSSR count). The topological polar surface area (TPSA) is 106 Å². The summed E-state index contributed by atoms with van der Waals surface area (Å²) in [4.78, 5) is 43.7. The quantitative estimate of drug-likeness (QED) is 0.571. The summed E-state index contributed by atoms with van der Waals surface area (Å²) in [5, 5.41) is 12.5. The van der Waals surface area contributed by atoms with Crippen molar-refractivity contribution in [3.05, 3.63) is 68.7 Å².